The number of hydrogen-bond donors (Lipinski definition) is 1. The summed E-state index contributed by atoms with van der Waals surface area (Å²) in [6, 6.07) is 9.53. The standard InChI is InChI=1S/C16H26N2O/c1-5-12(2)16-11-18(13(3)10-17-16)14-6-8-15(19-4)9-7-14/h6-9,12-13,16-17H,5,10-11H2,1-4H3. The Morgan fingerprint density at radius 1 is 1.37 bits per heavy atom. The molecule has 2 rings (SSSR count). The molecule has 1 N–H and O–H groups in total. The number of nitrogens with one attached hydrogen (secondary N) is 1. The van der Waals surface area contributed by atoms with Crippen molar-refractivity contribution in [3.63, 3.8) is 0 Å². The van der Waals surface area contributed by atoms with Crippen LogP contribution in [0.5, 0.6) is 5.75 Å². The topological polar surface area (TPSA) is 24.5 Å². The van der Waals surface area contributed by atoms with Crippen LogP contribution in [0.4, 0.5) is 5.69 Å². The van der Waals surface area contributed by atoms with Gasteiger partial charge in [0.1, 0.15) is 5.75 Å². The lowest BCUT2D eigenvalue weighted by Gasteiger charge is -2.42. The summed E-state index contributed by atoms with van der Waals surface area (Å²) in [5, 5.41) is 3.68. The summed E-state index contributed by atoms with van der Waals surface area (Å²) in [5.41, 5.74) is 1.29. The SMILES string of the molecule is CCC(C)C1CN(c2ccc(OC)cc2)C(C)CN1. The van der Waals surface area contributed by atoms with Crippen LogP contribution in [0.2, 0.25) is 0 Å². The number of benzene rings is 1. The number of piperazine rings is 1. The molecule has 1 aromatic rings. The molecule has 0 amide bonds. The number of methoxy groups -OCH3 is 1. The minimum atomic E-state index is 0.536. The molecule has 1 fully saturated rings. The first-order valence-electron chi connectivity index (χ1n) is 7.29. The summed E-state index contributed by atoms with van der Waals surface area (Å²) < 4.78 is 5.23. The average Bonchev–Trinajstić information content (AvgIpc) is 2.47. The van der Waals surface area contributed by atoms with Crippen LogP contribution in [0, 0.1) is 5.92 Å². The Balaban J connectivity index is 2.11. The number of anilines is 1. The van der Waals surface area contributed by atoms with Gasteiger partial charge >= 0.3 is 0 Å². The fraction of sp³-hybridized carbons (Fsp3) is 0.625. The molecule has 0 bridgehead atoms. The van der Waals surface area contributed by atoms with Crippen LogP contribution in [-0.4, -0.2) is 32.3 Å². The second-order valence-corrected chi connectivity index (χ2v) is 5.60. The molecule has 19 heavy (non-hydrogen) atoms. The highest BCUT2D eigenvalue weighted by Crippen LogP contribution is 2.24. The molecule has 1 aromatic carbocycles. The zero-order valence-electron chi connectivity index (χ0n) is 12.5. The molecule has 1 saturated heterocycles. The van der Waals surface area contributed by atoms with Crippen molar-refractivity contribution in [2.24, 2.45) is 5.92 Å². The van der Waals surface area contributed by atoms with Gasteiger partial charge < -0.3 is 15.0 Å². The molecule has 106 valence electrons. The zero-order chi connectivity index (χ0) is 13.8. The van der Waals surface area contributed by atoms with Gasteiger partial charge in [-0.2, -0.15) is 0 Å². The minimum Gasteiger partial charge on any atom is -0.497 e. The predicted molar refractivity (Wildman–Crippen MR) is 81.0 cm³/mol. The van der Waals surface area contributed by atoms with Gasteiger partial charge in [0.2, 0.25) is 0 Å². The quantitative estimate of drug-likeness (QED) is 0.903. The summed E-state index contributed by atoms with van der Waals surface area (Å²) >= 11 is 0. The smallest absolute Gasteiger partial charge is 0.119 e. The van der Waals surface area contributed by atoms with Crippen molar-refractivity contribution in [3.05, 3.63) is 24.3 Å². The highest BCUT2D eigenvalue weighted by atomic mass is 16.5. The van der Waals surface area contributed by atoms with Crippen molar-refractivity contribution < 1.29 is 4.74 Å². The highest BCUT2D eigenvalue weighted by molar-refractivity contribution is 5.50. The third kappa shape index (κ3) is 3.21. The minimum absolute atomic E-state index is 0.536. The van der Waals surface area contributed by atoms with Gasteiger partial charge in [0.25, 0.3) is 0 Å². The lowest BCUT2D eigenvalue weighted by atomic mass is 9.95. The third-order valence-electron chi connectivity index (χ3n) is 4.34. The molecule has 0 radical (unpaired) electrons. The van der Waals surface area contributed by atoms with E-state index in [0.717, 1.165) is 18.8 Å². The van der Waals surface area contributed by atoms with Gasteiger partial charge in [-0.3, -0.25) is 0 Å². The van der Waals surface area contributed by atoms with E-state index in [2.05, 4.69) is 43.1 Å². The summed E-state index contributed by atoms with van der Waals surface area (Å²) in [7, 11) is 1.71. The van der Waals surface area contributed by atoms with Crippen LogP contribution in [0.25, 0.3) is 0 Å². The predicted octanol–water partition coefficient (Wildman–Crippen LogP) is 2.91. The maximum atomic E-state index is 5.23. The maximum absolute atomic E-state index is 5.23. The molecule has 3 atom stereocenters. The largest absolute Gasteiger partial charge is 0.497 e. The number of hydrogen-bond acceptors (Lipinski definition) is 3. The van der Waals surface area contributed by atoms with E-state index in [1.807, 2.05) is 12.1 Å². The van der Waals surface area contributed by atoms with Crippen LogP contribution in [0.1, 0.15) is 27.2 Å². The first-order chi connectivity index (χ1) is 9.15. The van der Waals surface area contributed by atoms with Gasteiger partial charge in [0, 0.05) is 30.9 Å². The van der Waals surface area contributed by atoms with Crippen LogP contribution < -0.4 is 15.0 Å². The lowest BCUT2D eigenvalue weighted by molar-refractivity contribution is 0.316. The Bertz CT molecular complexity index is 390. The van der Waals surface area contributed by atoms with E-state index in [0.29, 0.717) is 18.0 Å². The van der Waals surface area contributed by atoms with Gasteiger partial charge in [-0.15, -0.1) is 0 Å². The van der Waals surface area contributed by atoms with Crippen LogP contribution in [0.3, 0.4) is 0 Å². The summed E-state index contributed by atoms with van der Waals surface area (Å²) in [4.78, 5) is 2.51. The molecule has 0 saturated carbocycles. The normalized spacial score (nSPS) is 25.2. The van der Waals surface area contributed by atoms with Crippen molar-refractivity contribution in [1.82, 2.24) is 5.32 Å². The van der Waals surface area contributed by atoms with E-state index in [9.17, 15) is 0 Å². The molecule has 1 aliphatic heterocycles. The van der Waals surface area contributed by atoms with Gasteiger partial charge in [0.05, 0.1) is 7.11 Å². The van der Waals surface area contributed by atoms with E-state index in [1.54, 1.807) is 7.11 Å². The van der Waals surface area contributed by atoms with Crippen LogP contribution in [0.15, 0.2) is 24.3 Å². The Labute approximate surface area is 116 Å². The number of rotatable bonds is 4. The molecule has 3 unspecified atom stereocenters. The number of ether oxygens (including phenoxy) is 1. The van der Waals surface area contributed by atoms with Gasteiger partial charge in [-0.05, 0) is 37.1 Å². The Morgan fingerprint density at radius 3 is 2.63 bits per heavy atom. The van der Waals surface area contributed by atoms with E-state index in [-0.39, 0.29) is 0 Å². The monoisotopic (exact) mass is 262 g/mol. The van der Waals surface area contributed by atoms with E-state index >= 15 is 0 Å². The highest BCUT2D eigenvalue weighted by Gasteiger charge is 2.27. The Morgan fingerprint density at radius 2 is 2.05 bits per heavy atom. The third-order valence-corrected chi connectivity index (χ3v) is 4.34. The second-order valence-electron chi connectivity index (χ2n) is 5.60. The average molecular weight is 262 g/mol. The van der Waals surface area contributed by atoms with Gasteiger partial charge in [-0.1, -0.05) is 20.3 Å². The molecular formula is C16H26N2O. The molecule has 0 aliphatic carbocycles. The van der Waals surface area contributed by atoms with Crippen LogP contribution in [-0.2, 0) is 0 Å². The fourth-order valence-electron chi connectivity index (χ4n) is 2.69. The zero-order valence-corrected chi connectivity index (χ0v) is 12.5. The van der Waals surface area contributed by atoms with E-state index in [4.69, 9.17) is 4.74 Å². The van der Waals surface area contributed by atoms with Gasteiger partial charge in [0.15, 0.2) is 0 Å². The van der Waals surface area contributed by atoms with Crippen molar-refractivity contribution in [2.45, 2.75) is 39.3 Å². The maximum Gasteiger partial charge on any atom is 0.119 e. The first kappa shape index (κ1) is 14.2. The van der Waals surface area contributed by atoms with Crippen LogP contribution >= 0.6 is 0 Å². The van der Waals surface area contributed by atoms with E-state index < -0.39 is 0 Å². The molecule has 3 nitrogen and oxygen atoms in total. The molecule has 0 aromatic heterocycles. The molecule has 0 spiro atoms. The summed E-state index contributed by atoms with van der Waals surface area (Å²) in [5.74, 6) is 1.64. The fourth-order valence-corrected chi connectivity index (χ4v) is 2.69. The van der Waals surface area contributed by atoms with Crippen molar-refractivity contribution in [3.8, 4) is 5.75 Å². The number of nitrogens with zero attached hydrogens (tertiary/aromatic N) is 1. The molecular weight excluding hydrogens is 236 g/mol. The van der Waals surface area contributed by atoms with E-state index in [1.165, 1.54) is 12.1 Å². The van der Waals surface area contributed by atoms with Gasteiger partial charge in [-0.25, -0.2) is 0 Å². The summed E-state index contributed by atoms with van der Waals surface area (Å²) in [6.07, 6.45) is 1.22. The Kier molecular flexibility index (Phi) is 4.70. The summed E-state index contributed by atoms with van der Waals surface area (Å²) in [6.45, 7) is 9.02. The lowest BCUT2D eigenvalue weighted by Crippen LogP contribution is -2.57. The molecule has 1 heterocycles. The van der Waals surface area contributed by atoms with Crippen molar-refractivity contribution in [1.29, 1.82) is 0 Å². The van der Waals surface area contributed by atoms with Crippen molar-refractivity contribution in [2.75, 3.05) is 25.1 Å². The second kappa shape index (κ2) is 6.29. The first-order valence-corrected chi connectivity index (χ1v) is 7.29. The molecule has 3 heteroatoms. The molecule has 1 aliphatic rings. The Hall–Kier alpha value is -1.22. The van der Waals surface area contributed by atoms with Crippen molar-refractivity contribution >= 4 is 5.69 Å².